The number of benzene rings is 1. The maximum Gasteiger partial charge on any atom is 0.161 e. The quantitative estimate of drug-likeness (QED) is 0.605. The molecule has 1 heterocycles. The van der Waals surface area contributed by atoms with Gasteiger partial charge in [0.15, 0.2) is 17.3 Å². The molecule has 124 valence electrons. The van der Waals surface area contributed by atoms with Gasteiger partial charge in [0.25, 0.3) is 0 Å². The van der Waals surface area contributed by atoms with Crippen LogP contribution in [0.4, 0.5) is 0 Å². The number of rotatable bonds is 4. The second-order valence-electron chi connectivity index (χ2n) is 4.13. The number of halogens is 1. The average Bonchev–Trinajstić information content (AvgIpc) is 2.61. The van der Waals surface area contributed by atoms with E-state index < -0.39 is 0 Å². The van der Waals surface area contributed by atoms with Gasteiger partial charge in [0.2, 0.25) is 0 Å². The highest BCUT2D eigenvalue weighted by atomic mass is 35.5. The van der Waals surface area contributed by atoms with Gasteiger partial charge in [-0.1, -0.05) is 25.4 Å². The van der Waals surface area contributed by atoms with Gasteiger partial charge in [0, 0.05) is 18.4 Å². The molecule has 1 aliphatic heterocycles. The minimum Gasteiger partial charge on any atom is -0.493 e. The summed E-state index contributed by atoms with van der Waals surface area (Å²) in [6.07, 6.45) is 3.54. The Hall–Kier alpha value is -2.27. The van der Waals surface area contributed by atoms with E-state index in [1.165, 1.54) is 5.01 Å². The highest BCUT2D eigenvalue weighted by Crippen LogP contribution is 2.30. The molecule has 0 aromatic heterocycles. The summed E-state index contributed by atoms with van der Waals surface area (Å²) in [4.78, 5) is 4.52. The number of hydrogen-bond acceptors (Lipinski definition) is 5. The third-order valence-corrected chi connectivity index (χ3v) is 3.26. The van der Waals surface area contributed by atoms with Crippen molar-refractivity contribution in [3.8, 4) is 11.5 Å². The van der Waals surface area contributed by atoms with Crippen LogP contribution in [0.3, 0.4) is 0 Å². The Morgan fingerprint density at radius 2 is 1.87 bits per heavy atom. The first-order valence-electron chi connectivity index (χ1n) is 7.26. The maximum atomic E-state index is 6.21. The van der Waals surface area contributed by atoms with Crippen LogP contribution in [0, 0.1) is 0 Å². The lowest BCUT2D eigenvalue weighted by molar-refractivity contribution is 0.355. The molecule has 0 aliphatic carbocycles. The molecule has 0 saturated heterocycles. The highest BCUT2D eigenvalue weighted by molar-refractivity contribution is 6.32. The van der Waals surface area contributed by atoms with Crippen molar-refractivity contribution in [1.82, 2.24) is 5.01 Å². The van der Waals surface area contributed by atoms with E-state index in [0.29, 0.717) is 28.2 Å². The Balaban J connectivity index is 0.00000127. The first-order chi connectivity index (χ1) is 11.1. The molecule has 5 nitrogen and oxygen atoms in total. The molecule has 1 aromatic rings. The fraction of sp³-hybridized carbons (Fsp3) is 0.294. The van der Waals surface area contributed by atoms with Crippen molar-refractivity contribution in [1.29, 1.82) is 0 Å². The molecule has 2 rings (SSSR count). The van der Waals surface area contributed by atoms with Crippen molar-refractivity contribution in [3.05, 3.63) is 46.9 Å². The Bertz CT molecular complexity index is 651. The molecule has 6 heteroatoms. The number of methoxy groups -OCH3 is 2. The smallest absolute Gasteiger partial charge is 0.161 e. The first-order valence-corrected chi connectivity index (χ1v) is 7.63. The predicted molar refractivity (Wildman–Crippen MR) is 96.5 cm³/mol. The van der Waals surface area contributed by atoms with E-state index >= 15 is 0 Å². The molecule has 23 heavy (non-hydrogen) atoms. The van der Waals surface area contributed by atoms with Crippen LogP contribution in [-0.4, -0.2) is 31.7 Å². The summed E-state index contributed by atoms with van der Waals surface area (Å²) >= 11 is 6.21. The summed E-state index contributed by atoms with van der Waals surface area (Å²) in [5, 5.41) is 5.73. The number of allylic oxidation sites excluding steroid dienone is 2. The fourth-order valence-corrected chi connectivity index (χ4v) is 2.20. The summed E-state index contributed by atoms with van der Waals surface area (Å²) in [5.41, 5.74) is 1.59. The number of aliphatic imine (C=N–C) groups is 1. The van der Waals surface area contributed by atoms with Crippen LogP contribution in [0.15, 0.2) is 51.4 Å². The summed E-state index contributed by atoms with van der Waals surface area (Å²) < 4.78 is 10.5. The Kier molecular flexibility index (Phi) is 7.35. The molecule has 0 spiro atoms. The van der Waals surface area contributed by atoms with E-state index in [2.05, 4.69) is 16.8 Å². The van der Waals surface area contributed by atoms with Crippen LogP contribution in [0.2, 0.25) is 0 Å². The average molecular weight is 336 g/mol. The third kappa shape index (κ3) is 4.13. The van der Waals surface area contributed by atoms with Crippen LogP contribution in [0.1, 0.15) is 26.3 Å². The van der Waals surface area contributed by atoms with E-state index in [1.54, 1.807) is 20.3 Å². The van der Waals surface area contributed by atoms with Crippen molar-refractivity contribution in [2.45, 2.75) is 20.8 Å². The Morgan fingerprint density at radius 3 is 2.39 bits per heavy atom. The lowest BCUT2D eigenvalue weighted by atomic mass is 10.1. The van der Waals surface area contributed by atoms with Crippen LogP contribution in [0.5, 0.6) is 11.5 Å². The van der Waals surface area contributed by atoms with Gasteiger partial charge in [-0.25, -0.2) is 10.0 Å². The normalized spacial score (nSPS) is 15.2. The molecule has 1 aliphatic rings. The molecule has 0 unspecified atom stereocenters. The minimum atomic E-state index is 0.429. The molecular weight excluding hydrogens is 314 g/mol. The fourth-order valence-electron chi connectivity index (χ4n) is 1.96. The van der Waals surface area contributed by atoms with E-state index in [9.17, 15) is 0 Å². The lowest BCUT2D eigenvalue weighted by Gasteiger charge is -2.22. The summed E-state index contributed by atoms with van der Waals surface area (Å²) in [7, 11) is 3.19. The van der Waals surface area contributed by atoms with E-state index in [0.717, 1.165) is 5.56 Å². The van der Waals surface area contributed by atoms with Crippen LogP contribution in [0.25, 0.3) is 0 Å². The predicted octanol–water partition coefficient (Wildman–Crippen LogP) is 4.39. The second-order valence-corrected chi connectivity index (χ2v) is 4.52. The van der Waals surface area contributed by atoms with Crippen molar-refractivity contribution < 1.29 is 9.47 Å². The van der Waals surface area contributed by atoms with Gasteiger partial charge in [0.1, 0.15) is 5.16 Å². The van der Waals surface area contributed by atoms with E-state index in [-0.39, 0.29) is 0 Å². The molecular formula is C17H22ClN3O2. The number of hydrazone groups is 1. The zero-order valence-corrected chi connectivity index (χ0v) is 14.9. The molecule has 0 radical (unpaired) electrons. The van der Waals surface area contributed by atoms with Crippen molar-refractivity contribution in [2.75, 3.05) is 14.2 Å². The van der Waals surface area contributed by atoms with Gasteiger partial charge in [-0.3, -0.25) is 0 Å². The van der Waals surface area contributed by atoms with Crippen molar-refractivity contribution in [3.63, 3.8) is 0 Å². The Morgan fingerprint density at radius 1 is 1.22 bits per heavy atom. The SMILES string of the molecule is C=NN1C(Cl)=CC(c2ccc(OC)c(OC)c2)=N/C1=C/C.CC. The second kappa shape index (κ2) is 9.00. The summed E-state index contributed by atoms with van der Waals surface area (Å²) in [6.45, 7) is 9.34. The monoisotopic (exact) mass is 335 g/mol. The van der Waals surface area contributed by atoms with Crippen LogP contribution >= 0.6 is 11.6 Å². The van der Waals surface area contributed by atoms with Gasteiger partial charge >= 0.3 is 0 Å². The molecule has 0 fully saturated rings. The standard InChI is InChI=1S/C15H16ClN3O2.C2H6/c1-5-15-18-11(9-14(16)19(15)17-2)10-6-7-12(20-3)13(8-10)21-4;1-2/h5-9H,2H2,1,3-4H3;1-2H3/b15-5-;. The molecule has 1 aromatic carbocycles. The maximum absolute atomic E-state index is 6.21. The number of ether oxygens (including phenoxy) is 2. The van der Waals surface area contributed by atoms with Crippen LogP contribution < -0.4 is 9.47 Å². The van der Waals surface area contributed by atoms with Crippen LogP contribution in [-0.2, 0) is 0 Å². The van der Waals surface area contributed by atoms with Gasteiger partial charge < -0.3 is 9.47 Å². The summed E-state index contributed by atoms with van der Waals surface area (Å²) in [5.74, 6) is 1.91. The number of hydrogen-bond donors (Lipinski definition) is 0. The third-order valence-electron chi connectivity index (χ3n) is 2.99. The van der Waals surface area contributed by atoms with Gasteiger partial charge in [-0.15, -0.1) is 0 Å². The van der Waals surface area contributed by atoms with Gasteiger partial charge in [-0.2, -0.15) is 5.10 Å². The first kappa shape index (κ1) is 18.8. The van der Waals surface area contributed by atoms with Gasteiger partial charge in [-0.05, 0) is 31.2 Å². The number of nitrogens with zero attached hydrogens (tertiary/aromatic N) is 3. The largest absolute Gasteiger partial charge is 0.493 e. The molecule has 0 amide bonds. The zero-order chi connectivity index (χ0) is 17.4. The van der Waals surface area contributed by atoms with Crippen molar-refractivity contribution >= 4 is 24.0 Å². The molecule has 0 saturated carbocycles. The van der Waals surface area contributed by atoms with Crippen molar-refractivity contribution in [2.24, 2.45) is 10.1 Å². The van der Waals surface area contributed by atoms with E-state index in [4.69, 9.17) is 21.1 Å². The zero-order valence-electron chi connectivity index (χ0n) is 14.1. The molecule has 0 atom stereocenters. The van der Waals surface area contributed by atoms with E-state index in [1.807, 2.05) is 45.0 Å². The van der Waals surface area contributed by atoms with Gasteiger partial charge in [0.05, 0.1) is 19.9 Å². The minimum absolute atomic E-state index is 0.429. The molecule has 0 bridgehead atoms. The lowest BCUT2D eigenvalue weighted by Crippen LogP contribution is -2.18. The Labute approximate surface area is 142 Å². The topological polar surface area (TPSA) is 46.4 Å². The summed E-state index contributed by atoms with van der Waals surface area (Å²) in [6, 6.07) is 5.57. The molecule has 0 N–H and O–H groups in total. The highest BCUT2D eigenvalue weighted by Gasteiger charge is 2.19.